The average molecular weight is 231 g/mol. The summed E-state index contributed by atoms with van der Waals surface area (Å²) in [7, 11) is 1.66. The van der Waals surface area contributed by atoms with E-state index >= 15 is 0 Å². The largest absolute Gasteiger partial charge is 0.463 e. The summed E-state index contributed by atoms with van der Waals surface area (Å²) >= 11 is 0. The van der Waals surface area contributed by atoms with Crippen molar-refractivity contribution < 1.29 is 19.0 Å². The molecule has 1 fully saturated rings. The zero-order valence-corrected chi connectivity index (χ0v) is 9.87. The molecule has 0 spiro atoms. The van der Waals surface area contributed by atoms with Crippen molar-refractivity contribution in [2.75, 3.05) is 46.6 Å². The van der Waals surface area contributed by atoms with E-state index in [-0.39, 0.29) is 11.9 Å². The lowest BCUT2D eigenvalue weighted by Crippen LogP contribution is -2.22. The summed E-state index contributed by atoms with van der Waals surface area (Å²) in [5, 5.41) is 3.13. The summed E-state index contributed by atoms with van der Waals surface area (Å²) in [5.41, 5.74) is 0. The second kappa shape index (κ2) is 8.50. The fourth-order valence-corrected chi connectivity index (χ4v) is 1.58. The van der Waals surface area contributed by atoms with E-state index in [1.54, 1.807) is 7.11 Å². The second-order valence-corrected chi connectivity index (χ2v) is 3.82. The first-order valence-corrected chi connectivity index (χ1v) is 5.78. The SMILES string of the molecule is COCCCOCCOC(=O)C1CCNC1. The van der Waals surface area contributed by atoms with Crippen molar-refractivity contribution >= 4 is 5.97 Å². The molecule has 0 radical (unpaired) electrons. The van der Waals surface area contributed by atoms with Gasteiger partial charge in [-0.25, -0.2) is 0 Å². The van der Waals surface area contributed by atoms with Crippen molar-refractivity contribution in [2.45, 2.75) is 12.8 Å². The highest BCUT2D eigenvalue weighted by Crippen LogP contribution is 2.08. The van der Waals surface area contributed by atoms with Gasteiger partial charge in [0, 0.05) is 26.9 Å². The molecule has 0 aliphatic carbocycles. The summed E-state index contributed by atoms with van der Waals surface area (Å²) in [6.45, 7) is 3.82. The Hall–Kier alpha value is -0.650. The molecule has 94 valence electrons. The van der Waals surface area contributed by atoms with E-state index in [9.17, 15) is 4.79 Å². The molecule has 0 aromatic rings. The summed E-state index contributed by atoms with van der Waals surface area (Å²) in [6, 6.07) is 0. The first-order valence-electron chi connectivity index (χ1n) is 5.78. The third-order valence-electron chi connectivity index (χ3n) is 2.50. The van der Waals surface area contributed by atoms with Gasteiger partial charge in [0.2, 0.25) is 0 Å². The number of nitrogens with one attached hydrogen (secondary N) is 1. The Bertz CT molecular complexity index is 192. The Kier molecular flexibility index (Phi) is 7.12. The van der Waals surface area contributed by atoms with Crippen molar-refractivity contribution in [3.8, 4) is 0 Å². The fourth-order valence-electron chi connectivity index (χ4n) is 1.58. The molecular formula is C11H21NO4. The number of carbonyl (C=O) groups is 1. The van der Waals surface area contributed by atoms with E-state index in [4.69, 9.17) is 14.2 Å². The van der Waals surface area contributed by atoms with Gasteiger partial charge in [-0.2, -0.15) is 0 Å². The number of rotatable bonds is 8. The number of carbonyl (C=O) groups excluding carboxylic acids is 1. The molecule has 1 heterocycles. The van der Waals surface area contributed by atoms with Gasteiger partial charge in [0.25, 0.3) is 0 Å². The van der Waals surface area contributed by atoms with Crippen LogP contribution in [0.2, 0.25) is 0 Å². The van der Waals surface area contributed by atoms with E-state index in [0.29, 0.717) is 26.4 Å². The second-order valence-electron chi connectivity index (χ2n) is 3.82. The van der Waals surface area contributed by atoms with Gasteiger partial charge in [-0.1, -0.05) is 0 Å². The standard InChI is InChI=1S/C11H21NO4/c1-14-5-2-6-15-7-8-16-11(13)10-3-4-12-9-10/h10,12H,2-9H2,1H3. The maximum Gasteiger partial charge on any atom is 0.310 e. The van der Waals surface area contributed by atoms with Crippen LogP contribution in [-0.2, 0) is 19.0 Å². The minimum atomic E-state index is -0.106. The van der Waals surface area contributed by atoms with Crippen molar-refractivity contribution in [1.82, 2.24) is 5.32 Å². The maximum atomic E-state index is 11.4. The summed E-state index contributed by atoms with van der Waals surface area (Å²) in [4.78, 5) is 11.4. The molecule has 1 aliphatic heterocycles. The zero-order valence-electron chi connectivity index (χ0n) is 9.87. The predicted octanol–water partition coefficient (Wildman–Crippen LogP) is 0.192. The number of hydrogen-bond donors (Lipinski definition) is 1. The van der Waals surface area contributed by atoms with Crippen LogP contribution in [0.1, 0.15) is 12.8 Å². The van der Waals surface area contributed by atoms with Crippen molar-refractivity contribution in [3.63, 3.8) is 0 Å². The smallest absolute Gasteiger partial charge is 0.310 e. The van der Waals surface area contributed by atoms with Crippen molar-refractivity contribution in [1.29, 1.82) is 0 Å². The lowest BCUT2D eigenvalue weighted by molar-refractivity contribution is -0.149. The van der Waals surface area contributed by atoms with Crippen LogP contribution >= 0.6 is 0 Å². The molecular weight excluding hydrogens is 210 g/mol. The third kappa shape index (κ3) is 5.44. The Morgan fingerprint density at radius 2 is 2.19 bits per heavy atom. The van der Waals surface area contributed by atoms with E-state index in [1.165, 1.54) is 0 Å². The van der Waals surface area contributed by atoms with E-state index < -0.39 is 0 Å². The molecule has 0 aromatic carbocycles. The molecule has 1 unspecified atom stereocenters. The first-order chi connectivity index (χ1) is 7.84. The molecule has 1 rings (SSSR count). The third-order valence-corrected chi connectivity index (χ3v) is 2.50. The normalized spacial score (nSPS) is 19.9. The summed E-state index contributed by atoms with van der Waals surface area (Å²) in [5.74, 6) is -0.0704. The monoisotopic (exact) mass is 231 g/mol. The van der Waals surface area contributed by atoms with Crippen molar-refractivity contribution in [3.05, 3.63) is 0 Å². The number of methoxy groups -OCH3 is 1. The molecule has 5 nitrogen and oxygen atoms in total. The fraction of sp³-hybridized carbons (Fsp3) is 0.909. The first kappa shape index (κ1) is 13.4. The van der Waals surface area contributed by atoms with Crippen LogP contribution < -0.4 is 5.32 Å². The van der Waals surface area contributed by atoms with Crippen molar-refractivity contribution in [2.24, 2.45) is 5.92 Å². The van der Waals surface area contributed by atoms with Crippen LogP contribution in [0.25, 0.3) is 0 Å². The number of ether oxygens (including phenoxy) is 3. The molecule has 16 heavy (non-hydrogen) atoms. The highest BCUT2D eigenvalue weighted by atomic mass is 16.6. The van der Waals surface area contributed by atoms with Crippen LogP contribution in [0.5, 0.6) is 0 Å². The lowest BCUT2D eigenvalue weighted by atomic mass is 10.1. The number of esters is 1. The molecule has 1 atom stereocenters. The maximum absolute atomic E-state index is 11.4. The highest BCUT2D eigenvalue weighted by molar-refractivity contribution is 5.73. The Labute approximate surface area is 96.4 Å². The van der Waals surface area contributed by atoms with Gasteiger partial charge < -0.3 is 19.5 Å². The van der Waals surface area contributed by atoms with Crippen LogP contribution in [-0.4, -0.2) is 52.6 Å². The minimum absolute atomic E-state index is 0.0356. The van der Waals surface area contributed by atoms with Crippen LogP contribution in [0.3, 0.4) is 0 Å². The topological polar surface area (TPSA) is 56.8 Å². The lowest BCUT2D eigenvalue weighted by Gasteiger charge is -2.09. The molecule has 1 aliphatic rings. The molecule has 1 N–H and O–H groups in total. The Balaban J connectivity index is 1.88. The Morgan fingerprint density at radius 3 is 2.88 bits per heavy atom. The summed E-state index contributed by atoms with van der Waals surface area (Å²) < 4.78 is 15.3. The van der Waals surface area contributed by atoms with Gasteiger partial charge in [0.1, 0.15) is 6.61 Å². The van der Waals surface area contributed by atoms with Gasteiger partial charge >= 0.3 is 5.97 Å². The van der Waals surface area contributed by atoms with E-state index in [1.807, 2.05) is 0 Å². The van der Waals surface area contributed by atoms with Gasteiger partial charge in [-0.3, -0.25) is 4.79 Å². The molecule has 0 bridgehead atoms. The molecule has 5 heteroatoms. The Morgan fingerprint density at radius 1 is 1.31 bits per heavy atom. The number of hydrogen-bond acceptors (Lipinski definition) is 5. The van der Waals surface area contributed by atoms with Crippen LogP contribution in [0.4, 0.5) is 0 Å². The summed E-state index contributed by atoms with van der Waals surface area (Å²) in [6.07, 6.45) is 1.75. The molecule has 1 saturated heterocycles. The predicted molar refractivity (Wildman–Crippen MR) is 59.2 cm³/mol. The molecule has 0 saturated carbocycles. The van der Waals surface area contributed by atoms with Gasteiger partial charge in [-0.05, 0) is 19.4 Å². The van der Waals surface area contributed by atoms with Crippen LogP contribution in [0.15, 0.2) is 0 Å². The van der Waals surface area contributed by atoms with Gasteiger partial charge in [0.05, 0.1) is 12.5 Å². The molecule has 0 aromatic heterocycles. The zero-order chi connectivity index (χ0) is 11.6. The van der Waals surface area contributed by atoms with E-state index in [0.717, 1.165) is 25.9 Å². The molecule has 0 amide bonds. The van der Waals surface area contributed by atoms with E-state index in [2.05, 4.69) is 5.32 Å². The highest BCUT2D eigenvalue weighted by Gasteiger charge is 2.23. The average Bonchev–Trinajstić information content (AvgIpc) is 2.81. The van der Waals surface area contributed by atoms with Gasteiger partial charge in [-0.15, -0.1) is 0 Å². The van der Waals surface area contributed by atoms with Gasteiger partial charge in [0.15, 0.2) is 0 Å². The van der Waals surface area contributed by atoms with Crippen LogP contribution in [0, 0.1) is 5.92 Å². The quantitative estimate of drug-likeness (QED) is 0.477. The minimum Gasteiger partial charge on any atom is -0.463 e.